The minimum Gasteiger partial charge on any atom is -0.491 e. The molecular formula is C13H18FNO. The molecule has 1 fully saturated rings. The molecule has 88 valence electrons. The number of anilines is 1. The van der Waals surface area contributed by atoms with Crippen molar-refractivity contribution < 1.29 is 9.13 Å². The summed E-state index contributed by atoms with van der Waals surface area (Å²) >= 11 is 0. The second-order valence-electron chi connectivity index (χ2n) is 4.35. The Bertz CT molecular complexity index is 348. The zero-order chi connectivity index (χ0) is 11.4. The fourth-order valence-electron chi connectivity index (χ4n) is 2.21. The topological polar surface area (TPSA) is 21.3 Å². The van der Waals surface area contributed by atoms with E-state index < -0.39 is 0 Å². The summed E-state index contributed by atoms with van der Waals surface area (Å²) in [5, 5.41) is 2.95. The highest BCUT2D eigenvalue weighted by Gasteiger charge is 2.16. The summed E-state index contributed by atoms with van der Waals surface area (Å²) in [5.74, 6) is 1.18. The normalized spacial score (nSPS) is 16.4. The van der Waals surface area contributed by atoms with E-state index in [1.54, 1.807) is 13.1 Å². The number of hydrogen-bond donors (Lipinski definition) is 1. The van der Waals surface area contributed by atoms with E-state index in [2.05, 4.69) is 5.32 Å². The van der Waals surface area contributed by atoms with Gasteiger partial charge in [-0.2, -0.15) is 0 Å². The predicted octanol–water partition coefficient (Wildman–Crippen LogP) is 3.44. The van der Waals surface area contributed by atoms with Crippen LogP contribution >= 0.6 is 0 Å². The van der Waals surface area contributed by atoms with Gasteiger partial charge in [-0.25, -0.2) is 4.39 Å². The van der Waals surface area contributed by atoms with Gasteiger partial charge in [0.05, 0.1) is 12.3 Å². The van der Waals surface area contributed by atoms with Crippen molar-refractivity contribution in [2.75, 3.05) is 19.0 Å². The molecule has 0 amide bonds. The van der Waals surface area contributed by atoms with Crippen molar-refractivity contribution in [2.24, 2.45) is 5.92 Å². The van der Waals surface area contributed by atoms with Crippen LogP contribution in [0.4, 0.5) is 10.1 Å². The van der Waals surface area contributed by atoms with Crippen LogP contribution in [0.1, 0.15) is 25.7 Å². The van der Waals surface area contributed by atoms with Crippen molar-refractivity contribution in [2.45, 2.75) is 25.7 Å². The lowest BCUT2D eigenvalue weighted by Crippen LogP contribution is -2.09. The van der Waals surface area contributed by atoms with Gasteiger partial charge in [0.15, 0.2) is 0 Å². The smallest absolute Gasteiger partial charge is 0.142 e. The highest BCUT2D eigenvalue weighted by molar-refractivity contribution is 5.55. The van der Waals surface area contributed by atoms with Crippen LogP contribution in [0.15, 0.2) is 18.2 Å². The molecule has 16 heavy (non-hydrogen) atoms. The molecule has 0 aliphatic heterocycles. The Morgan fingerprint density at radius 3 is 2.81 bits per heavy atom. The summed E-state index contributed by atoms with van der Waals surface area (Å²) < 4.78 is 18.7. The van der Waals surface area contributed by atoms with E-state index in [0.29, 0.717) is 5.92 Å². The van der Waals surface area contributed by atoms with Crippen molar-refractivity contribution in [1.82, 2.24) is 0 Å². The molecule has 0 atom stereocenters. The van der Waals surface area contributed by atoms with Gasteiger partial charge in [0.2, 0.25) is 0 Å². The predicted molar refractivity (Wildman–Crippen MR) is 63.4 cm³/mol. The Kier molecular flexibility index (Phi) is 3.65. The van der Waals surface area contributed by atoms with Gasteiger partial charge in [-0.15, -0.1) is 0 Å². The highest BCUT2D eigenvalue weighted by Crippen LogP contribution is 2.29. The van der Waals surface area contributed by atoms with Crippen LogP contribution in [-0.2, 0) is 0 Å². The lowest BCUT2D eigenvalue weighted by Gasteiger charge is -2.14. The average Bonchev–Trinajstić information content (AvgIpc) is 2.80. The molecule has 0 spiro atoms. The molecule has 0 radical (unpaired) electrons. The fourth-order valence-corrected chi connectivity index (χ4v) is 2.21. The monoisotopic (exact) mass is 223 g/mol. The van der Waals surface area contributed by atoms with Gasteiger partial charge in [-0.3, -0.25) is 0 Å². The van der Waals surface area contributed by atoms with Crippen LogP contribution in [0.5, 0.6) is 5.75 Å². The summed E-state index contributed by atoms with van der Waals surface area (Å²) in [6.45, 7) is 0.750. The van der Waals surface area contributed by atoms with Gasteiger partial charge in [0.1, 0.15) is 11.6 Å². The lowest BCUT2D eigenvalue weighted by atomic mass is 10.1. The lowest BCUT2D eigenvalue weighted by molar-refractivity contribution is 0.253. The summed E-state index contributed by atoms with van der Waals surface area (Å²) in [6.07, 6.45) is 5.15. The number of nitrogens with one attached hydrogen (secondary N) is 1. The molecule has 0 unspecified atom stereocenters. The van der Waals surface area contributed by atoms with E-state index in [4.69, 9.17) is 4.74 Å². The van der Waals surface area contributed by atoms with Crippen LogP contribution in [-0.4, -0.2) is 13.7 Å². The third kappa shape index (κ3) is 2.65. The number of benzene rings is 1. The van der Waals surface area contributed by atoms with Crippen molar-refractivity contribution in [3.05, 3.63) is 24.0 Å². The Balaban J connectivity index is 1.97. The number of halogens is 1. The van der Waals surface area contributed by atoms with Crippen LogP contribution < -0.4 is 10.1 Å². The van der Waals surface area contributed by atoms with Crippen LogP contribution in [0.2, 0.25) is 0 Å². The molecule has 2 nitrogen and oxygen atoms in total. The number of rotatable bonds is 4. The first kappa shape index (κ1) is 11.2. The molecule has 0 aromatic heterocycles. The van der Waals surface area contributed by atoms with Crippen molar-refractivity contribution in [3.8, 4) is 5.75 Å². The summed E-state index contributed by atoms with van der Waals surface area (Å²) in [4.78, 5) is 0. The van der Waals surface area contributed by atoms with E-state index in [-0.39, 0.29) is 5.82 Å². The summed E-state index contributed by atoms with van der Waals surface area (Å²) in [7, 11) is 1.78. The Hall–Kier alpha value is -1.25. The van der Waals surface area contributed by atoms with E-state index in [1.807, 2.05) is 0 Å². The number of ether oxygens (including phenoxy) is 1. The highest BCUT2D eigenvalue weighted by atomic mass is 19.1. The van der Waals surface area contributed by atoms with Gasteiger partial charge in [0, 0.05) is 13.1 Å². The first-order valence-electron chi connectivity index (χ1n) is 5.89. The van der Waals surface area contributed by atoms with E-state index in [0.717, 1.165) is 18.0 Å². The van der Waals surface area contributed by atoms with E-state index in [9.17, 15) is 4.39 Å². The molecule has 1 aliphatic carbocycles. The van der Waals surface area contributed by atoms with Crippen LogP contribution in [0, 0.1) is 11.7 Å². The molecule has 0 heterocycles. The largest absolute Gasteiger partial charge is 0.491 e. The zero-order valence-corrected chi connectivity index (χ0v) is 9.63. The first-order chi connectivity index (χ1) is 7.79. The fraction of sp³-hybridized carbons (Fsp3) is 0.538. The van der Waals surface area contributed by atoms with Gasteiger partial charge < -0.3 is 10.1 Å². The molecule has 0 bridgehead atoms. The molecule has 1 N–H and O–H groups in total. The van der Waals surface area contributed by atoms with Crippen molar-refractivity contribution in [1.29, 1.82) is 0 Å². The second-order valence-corrected chi connectivity index (χ2v) is 4.35. The van der Waals surface area contributed by atoms with Gasteiger partial charge in [-0.1, -0.05) is 12.8 Å². The SMILES string of the molecule is CNc1cc(F)ccc1OCC1CCCC1. The summed E-state index contributed by atoms with van der Waals surface area (Å²) in [6, 6.07) is 4.59. The van der Waals surface area contributed by atoms with Crippen LogP contribution in [0.25, 0.3) is 0 Å². The minimum atomic E-state index is -0.238. The van der Waals surface area contributed by atoms with E-state index in [1.165, 1.54) is 37.8 Å². The standard InChI is InChI=1S/C13H18FNO/c1-15-12-8-11(14)6-7-13(12)16-9-10-4-2-3-5-10/h6-8,10,15H,2-5,9H2,1H3. The molecule has 1 aliphatic rings. The van der Waals surface area contributed by atoms with E-state index >= 15 is 0 Å². The molecule has 1 aromatic carbocycles. The second kappa shape index (κ2) is 5.19. The maximum Gasteiger partial charge on any atom is 0.142 e. The van der Waals surface area contributed by atoms with Crippen LogP contribution in [0.3, 0.4) is 0 Å². The maximum absolute atomic E-state index is 13.0. The van der Waals surface area contributed by atoms with Crippen molar-refractivity contribution in [3.63, 3.8) is 0 Å². The van der Waals surface area contributed by atoms with Crippen molar-refractivity contribution >= 4 is 5.69 Å². The molecular weight excluding hydrogens is 205 g/mol. The molecule has 0 saturated heterocycles. The minimum absolute atomic E-state index is 0.238. The third-order valence-corrected chi connectivity index (χ3v) is 3.16. The van der Waals surface area contributed by atoms with Gasteiger partial charge >= 0.3 is 0 Å². The van der Waals surface area contributed by atoms with Gasteiger partial charge in [-0.05, 0) is 30.9 Å². The average molecular weight is 223 g/mol. The third-order valence-electron chi connectivity index (χ3n) is 3.16. The Morgan fingerprint density at radius 1 is 1.38 bits per heavy atom. The first-order valence-corrected chi connectivity index (χ1v) is 5.89. The maximum atomic E-state index is 13.0. The zero-order valence-electron chi connectivity index (χ0n) is 9.63. The summed E-state index contributed by atoms with van der Waals surface area (Å²) in [5.41, 5.74) is 0.720. The quantitative estimate of drug-likeness (QED) is 0.844. The number of hydrogen-bond acceptors (Lipinski definition) is 2. The Morgan fingerprint density at radius 2 is 2.12 bits per heavy atom. The molecule has 2 rings (SSSR count). The molecule has 1 aromatic rings. The molecule has 1 saturated carbocycles. The van der Waals surface area contributed by atoms with Gasteiger partial charge in [0.25, 0.3) is 0 Å². The molecule has 3 heteroatoms. The Labute approximate surface area is 95.8 Å².